The van der Waals surface area contributed by atoms with Crippen molar-refractivity contribution in [3.63, 3.8) is 0 Å². The van der Waals surface area contributed by atoms with Crippen molar-refractivity contribution < 1.29 is 4.79 Å². The minimum atomic E-state index is 0.292. The quantitative estimate of drug-likeness (QED) is 0.866. The molecule has 1 aliphatic carbocycles. The summed E-state index contributed by atoms with van der Waals surface area (Å²) in [6, 6.07) is 8.59. The van der Waals surface area contributed by atoms with Crippen LogP contribution in [0.5, 0.6) is 0 Å². The maximum atomic E-state index is 12.4. The molecule has 18 heavy (non-hydrogen) atoms. The van der Waals surface area contributed by atoms with E-state index in [9.17, 15) is 4.79 Å². The Balaban J connectivity index is 1.87. The topological polar surface area (TPSA) is 32.3 Å². The van der Waals surface area contributed by atoms with Gasteiger partial charge in [0.2, 0.25) is 5.91 Å². The molecule has 1 atom stereocenters. The molecule has 0 saturated heterocycles. The third-order valence-corrected chi connectivity index (χ3v) is 3.84. The molecule has 3 rings (SSSR count). The van der Waals surface area contributed by atoms with Crippen LogP contribution in [0.15, 0.2) is 24.3 Å². The predicted molar refractivity (Wildman–Crippen MR) is 72.4 cm³/mol. The van der Waals surface area contributed by atoms with Crippen LogP contribution >= 0.6 is 0 Å². The zero-order chi connectivity index (χ0) is 12.5. The molecule has 1 unspecified atom stereocenters. The first-order chi connectivity index (χ1) is 8.74. The number of anilines is 1. The molecule has 3 heteroatoms. The van der Waals surface area contributed by atoms with Crippen molar-refractivity contribution in [2.24, 2.45) is 5.92 Å². The third kappa shape index (κ3) is 2.41. The van der Waals surface area contributed by atoms with Crippen LogP contribution in [0.3, 0.4) is 0 Å². The summed E-state index contributed by atoms with van der Waals surface area (Å²) in [7, 11) is 0. The van der Waals surface area contributed by atoms with Gasteiger partial charge < -0.3 is 10.2 Å². The van der Waals surface area contributed by atoms with Gasteiger partial charge in [-0.25, -0.2) is 0 Å². The largest absolute Gasteiger partial charge is 0.311 e. The molecule has 1 N–H and O–H groups in total. The van der Waals surface area contributed by atoms with Gasteiger partial charge in [-0.15, -0.1) is 0 Å². The van der Waals surface area contributed by atoms with Crippen LogP contribution < -0.4 is 10.2 Å². The maximum Gasteiger partial charge on any atom is 0.227 e. The third-order valence-electron chi connectivity index (χ3n) is 3.84. The van der Waals surface area contributed by atoms with Gasteiger partial charge in [0.05, 0.1) is 0 Å². The second-order valence-electron chi connectivity index (χ2n) is 5.56. The highest BCUT2D eigenvalue weighted by atomic mass is 16.2. The van der Waals surface area contributed by atoms with E-state index < -0.39 is 0 Å². The lowest BCUT2D eigenvalue weighted by molar-refractivity contribution is -0.119. The van der Waals surface area contributed by atoms with E-state index in [2.05, 4.69) is 24.4 Å². The molecule has 1 aliphatic heterocycles. The molecule has 1 aromatic rings. The van der Waals surface area contributed by atoms with Crippen molar-refractivity contribution in [2.45, 2.75) is 38.8 Å². The Kier molecular flexibility index (Phi) is 3.08. The summed E-state index contributed by atoms with van der Waals surface area (Å²) >= 11 is 0. The van der Waals surface area contributed by atoms with Crippen molar-refractivity contribution >= 4 is 11.6 Å². The van der Waals surface area contributed by atoms with Gasteiger partial charge >= 0.3 is 0 Å². The molecule has 3 nitrogen and oxygen atoms in total. The second kappa shape index (κ2) is 4.73. The van der Waals surface area contributed by atoms with Crippen LogP contribution in [0.2, 0.25) is 0 Å². The lowest BCUT2D eigenvalue weighted by Gasteiger charge is -2.24. The van der Waals surface area contributed by atoms with E-state index in [0.29, 0.717) is 17.9 Å². The lowest BCUT2D eigenvalue weighted by Crippen LogP contribution is -2.39. The van der Waals surface area contributed by atoms with Crippen molar-refractivity contribution in [1.29, 1.82) is 0 Å². The van der Waals surface area contributed by atoms with Crippen molar-refractivity contribution in [2.75, 3.05) is 11.4 Å². The monoisotopic (exact) mass is 244 g/mol. The Bertz CT molecular complexity index is 454. The van der Waals surface area contributed by atoms with Gasteiger partial charge in [-0.05, 0) is 37.3 Å². The molecule has 1 heterocycles. The maximum absolute atomic E-state index is 12.4. The van der Waals surface area contributed by atoms with E-state index in [1.807, 2.05) is 17.0 Å². The van der Waals surface area contributed by atoms with E-state index >= 15 is 0 Å². The van der Waals surface area contributed by atoms with E-state index in [1.54, 1.807) is 0 Å². The minimum absolute atomic E-state index is 0.292. The van der Waals surface area contributed by atoms with Crippen LogP contribution in [0.4, 0.5) is 5.69 Å². The van der Waals surface area contributed by atoms with Gasteiger partial charge in [-0.3, -0.25) is 4.79 Å². The fourth-order valence-corrected chi connectivity index (χ4v) is 2.56. The molecule has 2 aliphatic rings. The molecular weight excluding hydrogens is 224 g/mol. The molecule has 1 aromatic carbocycles. The smallest absolute Gasteiger partial charge is 0.227 e. The first-order valence-corrected chi connectivity index (χ1v) is 6.85. The van der Waals surface area contributed by atoms with Gasteiger partial charge in [0.1, 0.15) is 0 Å². The minimum Gasteiger partial charge on any atom is -0.311 e. The van der Waals surface area contributed by atoms with Crippen LogP contribution in [0, 0.1) is 5.92 Å². The number of hydrogen-bond acceptors (Lipinski definition) is 2. The number of nitrogens with zero attached hydrogens (tertiary/aromatic N) is 1. The van der Waals surface area contributed by atoms with E-state index in [4.69, 9.17) is 0 Å². The van der Waals surface area contributed by atoms with Crippen molar-refractivity contribution in [3.05, 3.63) is 29.8 Å². The summed E-state index contributed by atoms with van der Waals surface area (Å²) in [5.74, 6) is 0.941. The van der Waals surface area contributed by atoms with Crippen LogP contribution in [-0.4, -0.2) is 18.5 Å². The average Bonchev–Trinajstić information content (AvgIpc) is 3.18. The van der Waals surface area contributed by atoms with Crippen LogP contribution in [0.25, 0.3) is 0 Å². The number of hydrogen-bond donors (Lipinski definition) is 1. The first-order valence-electron chi connectivity index (χ1n) is 6.85. The number of rotatable bonds is 2. The number of carbonyl (C=O) groups excluding carboxylic acids is 1. The SMILES string of the molecule is CC1CN(C(=O)CC2CC2)c2ccccc2CN1. The Morgan fingerprint density at radius 3 is 2.94 bits per heavy atom. The molecule has 0 bridgehead atoms. The number of fused-ring (bicyclic) bond motifs is 1. The van der Waals surface area contributed by atoms with Gasteiger partial charge in [-0.1, -0.05) is 18.2 Å². The summed E-state index contributed by atoms with van der Waals surface area (Å²) in [4.78, 5) is 14.4. The number of benzene rings is 1. The average molecular weight is 244 g/mol. The standard InChI is InChI=1S/C15H20N2O/c1-11-10-17(15(18)8-12-6-7-12)14-5-3-2-4-13(14)9-16-11/h2-5,11-12,16H,6-10H2,1H3. The Morgan fingerprint density at radius 1 is 1.39 bits per heavy atom. The predicted octanol–water partition coefficient (Wildman–Crippen LogP) is 2.31. The lowest BCUT2D eigenvalue weighted by atomic mass is 10.1. The summed E-state index contributed by atoms with van der Waals surface area (Å²) in [6.07, 6.45) is 3.19. The number of para-hydroxylation sites is 1. The van der Waals surface area contributed by atoms with Gasteiger partial charge in [0, 0.05) is 31.2 Å². The molecule has 0 spiro atoms. The number of amides is 1. The summed E-state index contributed by atoms with van der Waals surface area (Å²) in [5, 5.41) is 3.46. The summed E-state index contributed by atoms with van der Waals surface area (Å²) < 4.78 is 0. The van der Waals surface area contributed by atoms with Crippen molar-refractivity contribution in [3.8, 4) is 0 Å². The van der Waals surface area contributed by atoms with E-state index in [1.165, 1.54) is 18.4 Å². The summed E-state index contributed by atoms with van der Waals surface area (Å²) in [6.45, 7) is 3.77. The molecule has 1 amide bonds. The number of nitrogens with one attached hydrogen (secondary N) is 1. The summed E-state index contributed by atoms with van der Waals surface area (Å²) in [5.41, 5.74) is 2.32. The fourth-order valence-electron chi connectivity index (χ4n) is 2.56. The van der Waals surface area contributed by atoms with E-state index in [-0.39, 0.29) is 0 Å². The van der Waals surface area contributed by atoms with Gasteiger partial charge in [-0.2, -0.15) is 0 Å². The Labute approximate surface area is 108 Å². The molecule has 0 aromatic heterocycles. The van der Waals surface area contributed by atoms with Crippen molar-refractivity contribution in [1.82, 2.24) is 5.32 Å². The molecule has 96 valence electrons. The highest BCUT2D eigenvalue weighted by molar-refractivity contribution is 5.94. The normalized spacial score (nSPS) is 23.4. The Morgan fingerprint density at radius 2 is 2.17 bits per heavy atom. The second-order valence-corrected chi connectivity index (χ2v) is 5.56. The van der Waals surface area contributed by atoms with Gasteiger partial charge in [0.15, 0.2) is 0 Å². The highest BCUT2D eigenvalue weighted by Gasteiger charge is 2.29. The fraction of sp³-hybridized carbons (Fsp3) is 0.533. The van der Waals surface area contributed by atoms with Gasteiger partial charge in [0.25, 0.3) is 0 Å². The van der Waals surface area contributed by atoms with E-state index in [0.717, 1.165) is 25.2 Å². The molecular formula is C15H20N2O. The molecule has 1 saturated carbocycles. The van der Waals surface area contributed by atoms with Crippen LogP contribution in [-0.2, 0) is 11.3 Å². The van der Waals surface area contributed by atoms with Crippen LogP contribution in [0.1, 0.15) is 31.7 Å². The molecule has 0 radical (unpaired) electrons. The Hall–Kier alpha value is -1.35. The molecule has 1 fully saturated rings. The zero-order valence-corrected chi connectivity index (χ0v) is 10.9. The highest BCUT2D eigenvalue weighted by Crippen LogP contribution is 2.34. The number of carbonyl (C=O) groups is 1. The first kappa shape index (κ1) is 11.7. The zero-order valence-electron chi connectivity index (χ0n) is 10.9.